The lowest BCUT2D eigenvalue weighted by atomic mass is 10.0. The van der Waals surface area contributed by atoms with Gasteiger partial charge in [0.25, 0.3) is 0 Å². The number of anilines is 1. The molecule has 1 aliphatic rings. The first-order chi connectivity index (χ1) is 13.6. The predicted octanol–water partition coefficient (Wildman–Crippen LogP) is 3.26. The molecule has 1 saturated heterocycles. The zero-order valence-electron chi connectivity index (χ0n) is 16.0. The summed E-state index contributed by atoms with van der Waals surface area (Å²) in [4.78, 5) is 16.0. The molecule has 0 saturated carbocycles. The van der Waals surface area contributed by atoms with E-state index in [1.807, 2.05) is 39.9 Å². The second-order valence-electron chi connectivity index (χ2n) is 6.90. The van der Waals surface area contributed by atoms with Gasteiger partial charge in [-0.1, -0.05) is 30.8 Å². The minimum Gasteiger partial charge on any atom is -0.507 e. The largest absolute Gasteiger partial charge is 0.507 e. The Labute approximate surface area is 164 Å². The summed E-state index contributed by atoms with van der Waals surface area (Å²) in [6.07, 6.45) is 1.38. The Bertz CT molecular complexity index is 1030. The number of aromatic nitrogens is 2. The summed E-state index contributed by atoms with van der Waals surface area (Å²) in [7, 11) is 0. The molecule has 2 heterocycles. The average molecular weight is 376 g/mol. The topological polar surface area (TPSA) is 61.6 Å². The summed E-state index contributed by atoms with van der Waals surface area (Å²) < 4.78 is 2.02. The van der Waals surface area contributed by atoms with Gasteiger partial charge in [0.15, 0.2) is 0 Å². The number of carbonyl (C=O) groups is 1. The van der Waals surface area contributed by atoms with Gasteiger partial charge in [-0.05, 0) is 36.8 Å². The minimum absolute atomic E-state index is 0.0131. The van der Waals surface area contributed by atoms with Gasteiger partial charge in [-0.25, -0.2) is 4.68 Å². The molecule has 6 nitrogen and oxygen atoms in total. The van der Waals surface area contributed by atoms with E-state index in [0.29, 0.717) is 13.1 Å². The standard InChI is InChI=1S/C22H24N4O2/c1-3-21(28)24-11-13-25(14-12-24)22-18-10-9-16(15-19(18)23-26(22)4-2)17-7-5-6-8-20(17)27/h3,5-10,15,27H,1,4,11-14H2,2H3. The van der Waals surface area contributed by atoms with Crippen LogP contribution in [-0.4, -0.2) is 51.9 Å². The second kappa shape index (κ2) is 7.38. The molecular formula is C22H24N4O2. The summed E-state index contributed by atoms with van der Waals surface area (Å²) in [5.41, 5.74) is 2.65. The number of nitrogens with zero attached hydrogens (tertiary/aromatic N) is 4. The number of hydrogen-bond donors (Lipinski definition) is 1. The minimum atomic E-state index is -0.0131. The second-order valence-corrected chi connectivity index (χ2v) is 6.90. The maximum atomic E-state index is 11.8. The van der Waals surface area contributed by atoms with Gasteiger partial charge in [-0.15, -0.1) is 0 Å². The zero-order chi connectivity index (χ0) is 19.7. The van der Waals surface area contributed by atoms with Crippen LogP contribution in [0.3, 0.4) is 0 Å². The monoisotopic (exact) mass is 376 g/mol. The normalized spacial score (nSPS) is 14.5. The Balaban J connectivity index is 1.69. The first-order valence-corrected chi connectivity index (χ1v) is 9.57. The van der Waals surface area contributed by atoms with Gasteiger partial charge < -0.3 is 14.9 Å². The van der Waals surface area contributed by atoms with Crippen LogP contribution in [0.5, 0.6) is 5.75 Å². The van der Waals surface area contributed by atoms with Crippen LogP contribution >= 0.6 is 0 Å². The number of rotatable bonds is 4. The number of benzene rings is 2. The van der Waals surface area contributed by atoms with Crippen LogP contribution in [0.15, 0.2) is 55.1 Å². The summed E-state index contributed by atoms with van der Waals surface area (Å²) in [5.74, 6) is 1.34. The number of para-hydroxylation sites is 1. The maximum Gasteiger partial charge on any atom is 0.246 e. The Kier molecular flexibility index (Phi) is 4.77. The Morgan fingerprint density at radius 3 is 2.61 bits per heavy atom. The number of fused-ring (bicyclic) bond motifs is 1. The third-order valence-corrected chi connectivity index (χ3v) is 5.29. The Morgan fingerprint density at radius 2 is 1.93 bits per heavy atom. The van der Waals surface area contributed by atoms with Crippen molar-refractivity contribution in [1.29, 1.82) is 0 Å². The molecule has 1 fully saturated rings. The molecule has 6 heteroatoms. The molecule has 1 N–H and O–H groups in total. The molecule has 0 bridgehead atoms. The van der Waals surface area contributed by atoms with Crippen LogP contribution < -0.4 is 4.90 Å². The van der Waals surface area contributed by atoms with Crippen molar-refractivity contribution in [1.82, 2.24) is 14.7 Å². The number of phenols is 1. The molecule has 0 unspecified atom stereocenters. The van der Waals surface area contributed by atoms with Crippen LogP contribution in [0, 0.1) is 0 Å². The highest BCUT2D eigenvalue weighted by molar-refractivity contribution is 5.94. The van der Waals surface area contributed by atoms with Gasteiger partial charge in [0.05, 0.1) is 5.52 Å². The van der Waals surface area contributed by atoms with Crippen molar-refractivity contribution in [2.75, 3.05) is 31.1 Å². The molecule has 3 aromatic rings. The van der Waals surface area contributed by atoms with Crippen molar-refractivity contribution in [3.8, 4) is 16.9 Å². The molecule has 1 amide bonds. The molecule has 0 aliphatic carbocycles. The molecule has 4 rings (SSSR count). The van der Waals surface area contributed by atoms with E-state index in [2.05, 4.69) is 24.5 Å². The van der Waals surface area contributed by atoms with Gasteiger partial charge in [-0.3, -0.25) is 4.79 Å². The Hall–Kier alpha value is -3.28. The van der Waals surface area contributed by atoms with Crippen molar-refractivity contribution < 1.29 is 9.90 Å². The number of phenolic OH excluding ortho intramolecular Hbond substituents is 1. The summed E-state index contributed by atoms with van der Waals surface area (Å²) >= 11 is 0. The maximum absolute atomic E-state index is 11.8. The smallest absolute Gasteiger partial charge is 0.246 e. The highest BCUT2D eigenvalue weighted by Crippen LogP contribution is 2.34. The number of hydrogen-bond acceptors (Lipinski definition) is 4. The molecule has 2 aromatic carbocycles. The lowest BCUT2D eigenvalue weighted by Crippen LogP contribution is -2.48. The van der Waals surface area contributed by atoms with Crippen molar-refractivity contribution in [3.05, 3.63) is 55.1 Å². The summed E-state index contributed by atoms with van der Waals surface area (Å²) in [6, 6.07) is 13.5. The quantitative estimate of drug-likeness (QED) is 0.710. The average Bonchev–Trinajstić information content (AvgIpc) is 3.11. The molecule has 0 spiro atoms. The first kappa shape index (κ1) is 18.1. The van der Waals surface area contributed by atoms with E-state index in [1.165, 1.54) is 6.08 Å². The van der Waals surface area contributed by atoms with Gasteiger partial charge >= 0.3 is 0 Å². The first-order valence-electron chi connectivity index (χ1n) is 9.57. The number of piperazine rings is 1. The molecule has 0 radical (unpaired) electrons. The van der Waals surface area contributed by atoms with E-state index in [-0.39, 0.29) is 11.7 Å². The molecule has 1 aromatic heterocycles. The van der Waals surface area contributed by atoms with E-state index in [4.69, 9.17) is 5.10 Å². The molecule has 144 valence electrons. The van der Waals surface area contributed by atoms with E-state index in [0.717, 1.165) is 47.5 Å². The predicted molar refractivity (Wildman–Crippen MR) is 111 cm³/mol. The van der Waals surface area contributed by atoms with Gasteiger partial charge in [-0.2, -0.15) is 5.10 Å². The lowest BCUT2D eigenvalue weighted by Gasteiger charge is -2.35. The van der Waals surface area contributed by atoms with Crippen molar-refractivity contribution >= 4 is 22.6 Å². The number of aryl methyl sites for hydroxylation is 1. The van der Waals surface area contributed by atoms with E-state index in [9.17, 15) is 9.90 Å². The van der Waals surface area contributed by atoms with Crippen LogP contribution in [0.25, 0.3) is 22.0 Å². The fourth-order valence-electron chi connectivity index (χ4n) is 3.83. The van der Waals surface area contributed by atoms with Crippen LogP contribution in [-0.2, 0) is 11.3 Å². The fourth-order valence-corrected chi connectivity index (χ4v) is 3.83. The molecule has 1 aliphatic heterocycles. The number of carbonyl (C=O) groups excluding carboxylic acids is 1. The number of aromatic hydroxyl groups is 1. The summed E-state index contributed by atoms with van der Waals surface area (Å²) in [6.45, 7) is 9.31. The van der Waals surface area contributed by atoms with E-state index in [1.54, 1.807) is 6.07 Å². The van der Waals surface area contributed by atoms with Gasteiger partial charge in [0.1, 0.15) is 11.6 Å². The molecular weight excluding hydrogens is 352 g/mol. The number of amides is 1. The fraction of sp³-hybridized carbons (Fsp3) is 0.273. The zero-order valence-corrected chi connectivity index (χ0v) is 16.0. The highest BCUT2D eigenvalue weighted by atomic mass is 16.3. The van der Waals surface area contributed by atoms with Crippen LogP contribution in [0.4, 0.5) is 5.82 Å². The lowest BCUT2D eigenvalue weighted by molar-refractivity contribution is -0.126. The van der Waals surface area contributed by atoms with Crippen molar-refractivity contribution in [3.63, 3.8) is 0 Å². The van der Waals surface area contributed by atoms with E-state index < -0.39 is 0 Å². The third kappa shape index (κ3) is 3.11. The van der Waals surface area contributed by atoms with Crippen molar-refractivity contribution in [2.45, 2.75) is 13.5 Å². The highest BCUT2D eigenvalue weighted by Gasteiger charge is 2.24. The molecule has 0 atom stereocenters. The van der Waals surface area contributed by atoms with Gasteiger partial charge in [0, 0.05) is 43.7 Å². The SMILES string of the molecule is C=CC(=O)N1CCN(c2c3ccc(-c4ccccc4O)cc3nn2CC)CC1. The third-order valence-electron chi connectivity index (χ3n) is 5.29. The van der Waals surface area contributed by atoms with E-state index >= 15 is 0 Å². The van der Waals surface area contributed by atoms with Crippen LogP contribution in [0.2, 0.25) is 0 Å². The van der Waals surface area contributed by atoms with Crippen molar-refractivity contribution in [2.24, 2.45) is 0 Å². The summed E-state index contributed by atoms with van der Waals surface area (Å²) in [5, 5.41) is 16.0. The van der Waals surface area contributed by atoms with Crippen LogP contribution in [0.1, 0.15) is 6.92 Å². The Morgan fingerprint density at radius 1 is 1.18 bits per heavy atom. The van der Waals surface area contributed by atoms with Gasteiger partial charge in [0.2, 0.25) is 5.91 Å². The molecule has 28 heavy (non-hydrogen) atoms.